The number of carbonyl (C=O) groups excluding carboxylic acids is 1. The van der Waals surface area contributed by atoms with Crippen molar-refractivity contribution in [3.05, 3.63) is 59.3 Å². The van der Waals surface area contributed by atoms with Gasteiger partial charge in [0.05, 0.1) is 23.0 Å². The van der Waals surface area contributed by atoms with Gasteiger partial charge >= 0.3 is 0 Å². The van der Waals surface area contributed by atoms with Gasteiger partial charge in [-0.2, -0.15) is 9.78 Å². The highest BCUT2D eigenvalue weighted by atomic mass is 32.1. The van der Waals surface area contributed by atoms with Gasteiger partial charge in [0, 0.05) is 6.07 Å². The zero-order chi connectivity index (χ0) is 21.3. The third-order valence-electron chi connectivity index (χ3n) is 4.71. The summed E-state index contributed by atoms with van der Waals surface area (Å²) in [6.07, 6.45) is 0. The number of amides is 1. The van der Waals surface area contributed by atoms with E-state index < -0.39 is 0 Å². The lowest BCUT2D eigenvalue weighted by atomic mass is 10.1. The summed E-state index contributed by atoms with van der Waals surface area (Å²) in [5, 5.41) is 8.02. The molecule has 0 saturated carbocycles. The maximum Gasteiger partial charge on any atom is 0.263 e. The first kappa shape index (κ1) is 19.9. The van der Waals surface area contributed by atoms with Crippen molar-refractivity contribution in [1.29, 1.82) is 0 Å². The molecule has 0 fully saturated rings. The molecule has 0 unspecified atom stereocenters. The molecule has 0 aliphatic heterocycles. The minimum Gasteiger partial charge on any atom is -0.497 e. The lowest BCUT2D eigenvalue weighted by Crippen LogP contribution is -2.21. The molecule has 0 spiro atoms. The molecule has 0 saturated heterocycles. The second-order valence-electron chi connectivity index (χ2n) is 7.00. The molecular weight excluding hydrogens is 400 g/mol. The SMILES string of the molecule is COc1ccc2nc(-n3nc(C)cc3NC(=O)COc3ccc(C)c(C)c3)sc2c1. The normalized spacial score (nSPS) is 10.9. The summed E-state index contributed by atoms with van der Waals surface area (Å²) in [7, 11) is 1.63. The largest absolute Gasteiger partial charge is 0.497 e. The predicted molar refractivity (Wildman–Crippen MR) is 118 cm³/mol. The fourth-order valence-electron chi connectivity index (χ4n) is 2.98. The van der Waals surface area contributed by atoms with Crippen molar-refractivity contribution in [2.45, 2.75) is 20.8 Å². The minimum atomic E-state index is -0.267. The fraction of sp³-hybridized carbons (Fsp3) is 0.227. The molecule has 0 aliphatic carbocycles. The number of nitrogens with one attached hydrogen (secondary N) is 1. The van der Waals surface area contributed by atoms with Crippen LogP contribution in [-0.2, 0) is 4.79 Å². The van der Waals surface area contributed by atoms with Crippen LogP contribution in [0.5, 0.6) is 11.5 Å². The van der Waals surface area contributed by atoms with E-state index in [-0.39, 0.29) is 12.5 Å². The van der Waals surface area contributed by atoms with Gasteiger partial charge < -0.3 is 14.8 Å². The molecular formula is C22H22N4O3S. The molecule has 0 aliphatic rings. The van der Waals surface area contributed by atoms with Crippen LogP contribution in [0.3, 0.4) is 0 Å². The Morgan fingerprint density at radius 1 is 1.07 bits per heavy atom. The van der Waals surface area contributed by atoms with E-state index in [1.54, 1.807) is 17.9 Å². The lowest BCUT2D eigenvalue weighted by Gasteiger charge is -2.09. The van der Waals surface area contributed by atoms with Crippen molar-refractivity contribution in [2.24, 2.45) is 0 Å². The van der Waals surface area contributed by atoms with Crippen LogP contribution in [0.25, 0.3) is 15.3 Å². The molecule has 0 bridgehead atoms. The molecule has 0 radical (unpaired) electrons. The molecule has 30 heavy (non-hydrogen) atoms. The molecule has 2 heterocycles. The highest BCUT2D eigenvalue weighted by molar-refractivity contribution is 7.20. The van der Waals surface area contributed by atoms with Gasteiger partial charge in [0.15, 0.2) is 6.61 Å². The molecule has 1 N–H and O–H groups in total. The number of fused-ring (bicyclic) bond motifs is 1. The number of rotatable bonds is 6. The van der Waals surface area contributed by atoms with Gasteiger partial charge in [-0.25, -0.2) is 4.98 Å². The van der Waals surface area contributed by atoms with Crippen LogP contribution in [0.15, 0.2) is 42.5 Å². The fourth-order valence-corrected chi connectivity index (χ4v) is 3.94. The quantitative estimate of drug-likeness (QED) is 0.497. The molecule has 154 valence electrons. The Morgan fingerprint density at radius 3 is 2.63 bits per heavy atom. The molecule has 2 aromatic heterocycles. The maximum atomic E-state index is 12.5. The van der Waals surface area contributed by atoms with Crippen LogP contribution < -0.4 is 14.8 Å². The first-order valence-corrected chi connectivity index (χ1v) is 10.3. The standard InChI is InChI=1S/C22H22N4O3S/c1-13-5-6-17(9-14(13)2)29-12-21(27)24-20-10-15(3)25-26(20)22-23-18-8-7-16(28-4)11-19(18)30-22/h5-11H,12H2,1-4H3,(H,24,27). The maximum absolute atomic E-state index is 12.5. The average molecular weight is 423 g/mol. The Kier molecular flexibility index (Phi) is 5.41. The molecule has 4 aromatic rings. The van der Waals surface area contributed by atoms with Gasteiger partial charge in [-0.05, 0) is 62.2 Å². The highest BCUT2D eigenvalue weighted by Crippen LogP contribution is 2.30. The predicted octanol–water partition coefficient (Wildman–Crippen LogP) is 4.43. The summed E-state index contributed by atoms with van der Waals surface area (Å²) in [5.74, 6) is 1.72. The zero-order valence-electron chi connectivity index (χ0n) is 17.2. The number of aromatic nitrogens is 3. The summed E-state index contributed by atoms with van der Waals surface area (Å²) in [6, 6.07) is 13.3. The van der Waals surface area contributed by atoms with Gasteiger partial charge in [0.25, 0.3) is 5.91 Å². The number of benzene rings is 2. The molecule has 2 aromatic carbocycles. The molecule has 4 rings (SSSR count). The molecule has 1 amide bonds. The number of thiazole rings is 1. The van der Waals surface area contributed by atoms with E-state index in [0.717, 1.165) is 27.2 Å². The number of aryl methyl sites for hydroxylation is 3. The van der Waals surface area contributed by atoms with E-state index in [1.165, 1.54) is 16.9 Å². The minimum absolute atomic E-state index is 0.0935. The van der Waals surface area contributed by atoms with Crippen LogP contribution >= 0.6 is 11.3 Å². The van der Waals surface area contributed by atoms with Gasteiger partial charge in [-0.1, -0.05) is 17.4 Å². The van der Waals surface area contributed by atoms with Crippen molar-refractivity contribution in [3.8, 4) is 16.6 Å². The van der Waals surface area contributed by atoms with E-state index in [2.05, 4.69) is 15.4 Å². The summed E-state index contributed by atoms with van der Waals surface area (Å²) < 4.78 is 13.5. The van der Waals surface area contributed by atoms with Gasteiger partial charge in [0.1, 0.15) is 17.3 Å². The number of anilines is 1. The number of ether oxygens (including phenoxy) is 2. The van der Waals surface area contributed by atoms with Crippen molar-refractivity contribution in [3.63, 3.8) is 0 Å². The van der Waals surface area contributed by atoms with Crippen LogP contribution in [0.2, 0.25) is 0 Å². The summed E-state index contributed by atoms with van der Waals surface area (Å²) in [6.45, 7) is 5.82. The van der Waals surface area contributed by atoms with E-state index in [4.69, 9.17) is 9.47 Å². The Hall–Kier alpha value is -3.39. The monoisotopic (exact) mass is 422 g/mol. The molecule has 7 nitrogen and oxygen atoms in total. The first-order valence-electron chi connectivity index (χ1n) is 9.44. The highest BCUT2D eigenvalue weighted by Gasteiger charge is 2.15. The van der Waals surface area contributed by atoms with Crippen molar-refractivity contribution in [1.82, 2.24) is 14.8 Å². The van der Waals surface area contributed by atoms with E-state index in [0.29, 0.717) is 16.7 Å². The Bertz CT molecular complexity index is 1230. The third kappa shape index (κ3) is 4.13. The first-order chi connectivity index (χ1) is 14.4. The number of hydrogen-bond acceptors (Lipinski definition) is 6. The van der Waals surface area contributed by atoms with Crippen molar-refractivity contribution < 1.29 is 14.3 Å². The number of hydrogen-bond donors (Lipinski definition) is 1. The Morgan fingerprint density at radius 2 is 1.87 bits per heavy atom. The van der Waals surface area contributed by atoms with Gasteiger partial charge in [-0.3, -0.25) is 4.79 Å². The molecule has 0 atom stereocenters. The molecule has 8 heteroatoms. The number of methoxy groups -OCH3 is 1. The van der Waals surface area contributed by atoms with Gasteiger partial charge in [0.2, 0.25) is 5.13 Å². The van der Waals surface area contributed by atoms with E-state index in [1.807, 2.05) is 57.2 Å². The summed E-state index contributed by atoms with van der Waals surface area (Å²) in [5.41, 5.74) is 3.92. The second-order valence-corrected chi connectivity index (χ2v) is 8.00. The lowest BCUT2D eigenvalue weighted by molar-refractivity contribution is -0.118. The zero-order valence-corrected chi connectivity index (χ0v) is 18.0. The smallest absolute Gasteiger partial charge is 0.263 e. The Balaban J connectivity index is 1.51. The average Bonchev–Trinajstić information content (AvgIpc) is 3.31. The third-order valence-corrected chi connectivity index (χ3v) is 5.71. The van der Waals surface area contributed by atoms with Crippen molar-refractivity contribution >= 4 is 33.3 Å². The topological polar surface area (TPSA) is 78.3 Å². The Labute approximate surface area is 178 Å². The number of nitrogens with zero attached hydrogens (tertiary/aromatic N) is 3. The van der Waals surface area contributed by atoms with Gasteiger partial charge in [-0.15, -0.1) is 0 Å². The second kappa shape index (κ2) is 8.16. The summed E-state index contributed by atoms with van der Waals surface area (Å²) >= 11 is 1.47. The van der Waals surface area contributed by atoms with E-state index in [9.17, 15) is 4.79 Å². The summed E-state index contributed by atoms with van der Waals surface area (Å²) in [4.78, 5) is 17.1. The van der Waals surface area contributed by atoms with Crippen molar-refractivity contribution in [2.75, 3.05) is 19.0 Å². The van der Waals surface area contributed by atoms with Crippen LogP contribution in [0.1, 0.15) is 16.8 Å². The van der Waals surface area contributed by atoms with Crippen LogP contribution in [0.4, 0.5) is 5.82 Å². The van der Waals surface area contributed by atoms with E-state index >= 15 is 0 Å². The van der Waals surface area contributed by atoms with Crippen LogP contribution in [-0.4, -0.2) is 34.4 Å². The number of carbonyl (C=O) groups is 1. The van der Waals surface area contributed by atoms with Crippen LogP contribution in [0, 0.1) is 20.8 Å².